The Morgan fingerprint density at radius 3 is 2.57 bits per heavy atom. The topological polar surface area (TPSA) is 117 Å². The second-order valence-electron chi connectivity index (χ2n) is 4.42. The number of carbonyl (C=O) groups excluding carboxylic acids is 1. The molecule has 0 aliphatic carbocycles. The number of phenolic OH excluding ortho intramolecular Hbond substituents is 1. The highest BCUT2D eigenvalue weighted by atomic mass is 16.4. The fourth-order valence-corrected chi connectivity index (χ4v) is 1.77. The van der Waals surface area contributed by atoms with E-state index < -0.39 is 17.9 Å². The molecular formula is C13H14N4O4. The van der Waals surface area contributed by atoms with E-state index in [-0.39, 0.29) is 18.7 Å². The zero-order valence-electron chi connectivity index (χ0n) is 11.0. The maximum absolute atomic E-state index is 11.8. The van der Waals surface area contributed by atoms with Gasteiger partial charge in [-0.2, -0.15) is 5.10 Å². The lowest BCUT2D eigenvalue weighted by Gasteiger charge is -2.14. The summed E-state index contributed by atoms with van der Waals surface area (Å²) in [6.07, 6.45) is 2.78. The van der Waals surface area contributed by atoms with Gasteiger partial charge in [0.1, 0.15) is 31.0 Å². The van der Waals surface area contributed by atoms with Crippen LogP contribution in [0.1, 0.15) is 5.56 Å². The van der Waals surface area contributed by atoms with Gasteiger partial charge in [-0.15, -0.1) is 0 Å². The SMILES string of the molecule is O=C(Cn1cncn1)N[C@H](Cc1ccc(O)cc1)C(=O)O. The van der Waals surface area contributed by atoms with Gasteiger partial charge in [-0.25, -0.2) is 14.5 Å². The van der Waals surface area contributed by atoms with Gasteiger partial charge in [0, 0.05) is 6.42 Å². The van der Waals surface area contributed by atoms with Gasteiger partial charge in [-0.05, 0) is 17.7 Å². The van der Waals surface area contributed by atoms with Crippen molar-refractivity contribution in [1.82, 2.24) is 20.1 Å². The second-order valence-corrected chi connectivity index (χ2v) is 4.42. The first-order chi connectivity index (χ1) is 10.0. The molecule has 0 aliphatic rings. The maximum Gasteiger partial charge on any atom is 0.326 e. The summed E-state index contributed by atoms with van der Waals surface area (Å²) in [4.78, 5) is 26.7. The first kappa shape index (κ1) is 14.5. The third-order valence-corrected chi connectivity index (χ3v) is 2.78. The van der Waals surface area contributed by atoms with E-state index in [1.807, 2.05) is 0 Å². The van der Waals surface area contributed by atoms with Crippen LogP contribution >= 0.6 is 0 Å². The molecule has 0 saturated carbocycles. The Bertz CT molecular complexity index is 610. The largest absolute Gasteiger partial charge is 0.508 e. The first-order valence-electron chi connectivity index (χ1n) is 6.17. The zero-order valence-corrected chi connectivity index (χ0v) is 11.0. The molecule has 21 heavy (non-hydrogen) atoms. The number of aromatic nitrogens is 3. The minimum atomic E-state index is -1.13. The predicted molar refractivity (Wildman–Crippen MR) is 71.4 cm³/mol. The molecule has 1 heterocycles. The van der Waals surface area contributed by atoms with Gasteiger partial charge in [0.05, 0.1) is 0 Å². The van der Waals surface area contributed by atoms with Gasteiger partial charge in [0.15, 0.2) is 0 Å². The number of carboxylic acids is 1. The molecule has 0 bridgehead atoms. The van der Waals surface area contributed by atoms with Crippen LogP contribution in [-0.2, 0) is 22.6 Å². The van der Waals surface area contributed by atoms with Crippen molar-refractivity contribution in [2.75, 3.05) is 0 Å². The number of benzene rings is 1. The van der Waals surface area contributed by atoms with E-state index in [1.165, 1.54) is 29.5 Å². The van der Waals surface area contributed by atoms with Crippen LogP contribution in [0.2, 0.25) is 0 Å². The van der Waals surface area contributed by atoms with Crippen molar-refractivity contribution < 1.29 is 19.8 Å². The van der Waals surface area contributed by atoms with Gasteiger partial charge < -0.3 is 15.5 Å². The lowest BCUT2D eigenvalue weighted by Crippen LogP contribution is -2.43. The normalized spacial score (nSPS) is 11.8. The summed E-state index contributed by atoms with van der Waals surface area (Å²) in [6, 6.07) is 5.09. The Kier molecular flexibility index (Phi) is 4.50. The number of aromatic hydroxyl groups is 1. The number of phenols is 1. The van der Waals surface area contributed by atoms with Gasteiger partial charge in [0.2, 0.25) is 5.91 Å². The second kappa shape index (κ2) is 6.51. The van der Waals surface area contributed by atoms with Crippen molar-refractivity contribution in [3.8, 4) is 5.75 Å². The number of nitrogens with zero attached hydrogens (tertiary/aromatic N) is 3. The quantitative estimate of drug-likeness (QED) is 0.678. The molecule has 1 amide bonds. The Labute approximate surface area is 120 Å². The molecule has 0 aliphatic heterocycles. The number of hydrogen-bond acceptors (Lipinski definition) is 5. The summed E-state index contributed by atoms with van der Waals surface area (Å²) in [5.74, 6) is -1.50. The number of amides is 1. The molecule has 0 spiro atoms. The number of carboxylic acid groups (broad SMARTS) is 1. The summed E-state index contributed by atoms with van der Waals surface area (Å²) in [5.41, 5.74) is 0.696. The van der Waals surface area contributed by atoms with Gasteiger partial charge >= 0.3 is 5.97 Å². The third-order valence-electron chi connectivity index (χ3n) is 2.78. The van der Waals surface area contributed by atoms with Crippen LogP contribution in [0.15, 0.2) is 36.9 Å². The van der Waals surface area contributed by atoms with Gasteiger partial charge in [-0.1, -0.05) is 12.1 Å². The number of rotatable bonds is 6. The zero-order chi connectivity index (χ0) is 15.2. The molecule has 0 saturated heterocycles. The minimum Gasteiger partial charge on any atom is -0.508 e. The molecule has 1 aromatic heterocycles. The van der Waals surface area contributed by atoms with Crippen LogP contribution in [0.25, 0.3) is 0 Å². The molecular weight excluding hydrogens is 276 g/mol. The summed E-state index contributed by atoms with van der Waals surface area (Å²) >= 11 is 0. The Balaban J connectivity index is 1.97. The number of nitrogens with one attached hydrogen (secondary N) is 1. The Hall–Kier alpha value is -2.90. The van der Waals surface area contributed by atoms with Crippen LogP contribution in [0.5, 0.6) is 5.75 Å². The van der Waals surface area contributed by atoms with Crippen LogP contribution in [0.3, 0.4) is 0 Å². The number of hydrogen-bond donors (Lipinski definition) is 3. The summed E-state index contributed by atoms with van der Waals surface area (Å²) in [7, 11) is 0. The van der Waals surface area contributed by atoms with Crippen molar-refractivity contribution in [3.63, 3.8) is 0 Å². The van der Waals surface area contributed by atoms with E-state index in [0.29, 0.717) is 5.56 Å². The van der Waals surface area contributed by atoms with Crippen LogP contribution in [0, 0.1) is 0 Å². The lowest BCUT2D eigenvalue weighted by molar-refractivity contribution is -0.141. The van der Waals surface area contributed by atoms with E-state index in [0.717, 1.165) is 0 Å². The highest BCUT2D eigenvalue weighted by Gasteiger charge is 2.20. The van der Waals surface area contributed by atoms with Crippen molar-refractivity contribution in [3.05, 3.63) is 42.5 Å². The van der Waals surface area contributed by atoms with Crippen molar-refractivity contribution in [2.45, 2.75) is 19.0 Å². The highest BCUT2D eigenvalue weighted by molar-refractivity contribution is 5.83. The third kappa shape index (κ3) is 4.30. The van der Waals surface area contributed by atoms with Crippen LogP contribution in [-0.4, -0.2) is 42.9 Å². The van der Waals surface area contributed by atoms with E-state index in [1.54, 1.807) is 12.1 Å². The Morgan fingerprint density at radius 1 is 1.29 bits per heavy atom. The number of carbonyl (C=O) groups is 2. The van der Waals surface area contributed by atoms with Crippen molar-refractivity contribution >= 4 is 11.9 Å². The standard InChI is InChI=1S/C13H14N4O4/c18-10-3-1-9(2-4-10)5-11(13(20)21)16-12(19)6-17-8-14-7-15-17/h1-4,7-8,11,18H,5-6H2,(H,16,19)(H,20,21)/t11-/m1/s1. The first-order valence-corrected chi connectivity index (χ1v) is 6.17. The average Bonchev–Trinajstić information content (AvgIpc) is 2.93. The predicted octanol–water partition coefficient (Wildman–Crippen LogP) is -0.204. The van der Waals surface area contributed by atoms with Crippen molar-refractivity contribution in [2.24, 2.45) is 0 Å². The van der Waals surface area contributed by atoms with E-state index >= 15 is 0 Å². The molecule has 2 aromatic rings. The molecule has 0 fully saturated rings. The molecule has 0 radical (unpaired) electrons. The molecule has 1 atom stereocenters. The van der Waals surface area contributed by atoms with Crippen LogP contribution in [0.4, 0.5) is 0 Å². The van der Waals surface area contributed by atoms with Gasteiger partial charge in [0.25, 0.3) is 0 Å². The smallest absolute Gasteiger partial charge is 0.326 e. The Morgan fingerprint density at radius 2 is 2.00 bits per heavy atom. The highest BCUT2D eigenvalue weighted by Crippen LogP contribution is 2.11. The van der Waals surface area contributed by atoms with Crippen molar-refractivity contribution in [1.29, 1.82) is 0 Å². The molecule has 110 valence electrons. The lowest BCUT2D eigenvalue weighted by atomic mass is 10.1. The van der Waals surface area contributed by atoms with E-state index in [9.17, 15) is 14.7 Å². The fraction of sp³-hybridized carbons (Fsp3) is 0.231. The fourth-order valence-electron chi connectivity index (χ4n) is 1.77. The minimum absolute atomic E-state index is 0.0979. The molecule has 2 rings (SSSR count). The molecule has 3 N–H and O–H groups in total. The summed E-state index contributed by atoms with van der Waals surface area (Å²) < 4.78 is 1.30. The van der Waals surface area contributed by atoms with E-state index in [4.69, 9.17) is 5.11 Å². The molecule has 8 heteroatoms. The van der Waals surface area contributed by atoms with E-state index in [2.05, 4.69) is 15.4 Å². The maximum atomic E-state index is 11.8. The molecule has 8 nitrogen and oxygen atoms in total. The monoisotopic (exact) mass is 290 g/mol. The summed E-state index contributed by atoms with van der Waals surface area (Å²) in [6.45, 7) is -0.0979. The van der Waals surface area contributed by atoms with Crippen LogP contribution < -0.4 is 5.32 Å². The van der Waals surface area contributed by atoms with Gasteiger partial charge in [-0.3, -0.25) is 4.79 Å². The summed E-state index contributed by atoms with van der Waals surface area (Å²) in [5, 5.41) is 24.6. The average molecular weight is 290 g/mol. The molecule has 0 unspecified atom stereocenters. The molecule has 1 aromatic carbocycles. The number of aliphatic carboxylic acids is 1.